The van der Waals surface area contributed by atoms with Crippen LogP contribution in [-0.4, -0.2) is 36.8 Å². The first-order valence-corrected chi connectivity index (χ1v) is 5.32. The van der Waals surface area contributed by atoms with Crippen LogP contribution in [0, 0.1) is 11.3 Å². The molecule has 0 aliphatic carbocycles. The Labute approximate surface area is 99.2 Å². The van der Waals surface area contributed by atoms with Crippen LogP contribution in [0.15, 0.2) is 30.3 Å². The van der Waals surface area contributed by atoms with Crippen LogP contribution < -0.4 is 4.74 Å². The number of amides is 1. The monoisotopic (exact) mass is 232 g/mol. The van der Waals surface area contributed by atoms with E-state index < -0.39 is 12.2 Å². The summed E-state index contributed by atoms with van der Waals surface area (Å²) in [5.74, 6) is 0.498. The number of benzene rings is 1. The molecule has 0 N–H and O–H groups in total. The Morgan fingerprint density at radius 1 is 1.47 bits per heavy atom. The summed E-state index contributed by atoms with van der Waals surface area (Å²) in [5.41, 5.74) is 0. The molecule has 0 aromatic heterocycles. The molecule has 1 fully saturated rings. The van der Waals surface area contributed by atoms with Crippen LogP contribution in [0.5, 0.6) is 5.75 Å². The van der Waals surface area contributed by atoms with Crippen LogP contribution in [0.25, 0.3) is 0 Å². The average molecular weight is 232 g/mol. The summed E-state index contributed by atoms with van der Waals surface area (Å²) in [5, 5.41) is 8.73. The Morgan fingerprint density at radius 3 is 2.94 bits per heavy atom. The van der Waals surface area contributed by atoms with Gasteiger partial charge in [-0.15, -0.1) is 0 Å². The van der Waals surface area contributed by atoms with Gasteiger partial charge in [0, 0.05) is 6.54 Å². The van der Waals surface area contributed by atoms with Crippen molar-refractivity contribution in [2.45, 2.75) is 6.10 Å². The van der Waals surface area contributed by atoms with Gasteiger partial charge in [-0.2, -0.15) is 5.26 Å². The molecule has 1 atom stereocenters. The molecule has 1 aromatic carbocycles. The van der Waals surface area contributed by atoms with E-state index in [1.807, 2.05) is 12.1 Å². The van der Waals surface area contributed by atoms with Crippen molar-refractivity contribution in [2.24, 2.45) is 0 Å². The predicted molar refractivity (Wildman–Crippen MR) is 59.4 cm³/mol. The first kappa shape index (κ1) is 11.4. The second-order valence-electron chi connectivity index (χ2n) is 3.62. The zero-order valence-electron chi connectivity index (χ0n) is 9.20. The molecule has 1 aromatic rings. The van der Waals surface area contributed by atoms with Gasteiger partial charge in [0.25, 0.3) is 0 Å². The highest BCUT2D eigenvalue weighted by molar-refractivity contribution is 5.70. The average Bonchev–Trinajstić information content (AvgIpc) is 2.40. The van der Waals surface area contributed by atoms with E-state index in [9.17, 15) is 4.79 Å². The summed E-state index contributed by atoms with van der Waals surface area (Å²) in [6.07, 6.45) is -1.01. The molecule has 2 rings (SSSR count). The molecule has 1 unspecified atom stereocenters. The van der Waals surface area contributed by atoms with E-state index in [1.165, 1.54) is 4.90 Å². The molecule has 0 saturated carbocycles. The lowest BCUT2D eigenvalue weighted by Crippen LogP contribution is -2.46. The summed E-state index contributed by atoms with van der Waals surface area (Å²) >= 11 is 0. The smallest absolute Gasteiger partial charge is 0.410 e. The summed E-state index contributed by atoms with van der Waals surface area (Å²) in [4.78, 5) is 13.2. The van der Waals surface area contributed by atoms with Crippen molar-refractivity contribution in [3.05, 3.63) is 30.3 Å². The van der Waals surface area contributed by atoms with E-state index in [4.69, 9.17) is 14.7 Å². The van der Waals surface area contributed by atoms with E-state index in [1.54, 1.807) is 24.3 Å². The second kappa shape index (κ2) is 5.32. The quantitative estimate of drug-likeness (QED) is 0.734. The summed E-state index contributed by atoms with van der Waals surface area (Å²) in [6, 6.07) is 10.8. The highest BCUT2D eigenvalue weighted by Crippen LogP contribution is 2.12. The van der Waals surface area contributed by atoms with Gasteiger partial charge in [-0.05, 0) is 12.1 Å². The molecule has 0 spiro atoms. The van der Waals surface area contributed by atoms with E-state index >= 15 is 0 Å². The van der Waals surface area contributed by atoms with E-state index in [-0.39, 0.29) is 6.54 Å². The zero-order chi connectivity index (χ0) is 12.1. The van der Waals surface area contributed by atoms with Crippen LogP contribution in [0.3, 0.4) is 0 Å². The molecule has 1 heterocycles. The minimum Gasteiger partial charge on any atom is -0.410 e. The van der Waals surface area contributed by atoms with Gasteiger partial charge in [0.1, 0.15) is 5.75 Å². The maximum absolute atomic E-state index is 11.8. The van der Waals surface area contributed by atoms with Crippen molar-refractivity contribution >= 4 is 6.09 Å². The van der Waals surface area contributed by atoms with Crippen LogP contribution in [-0.2, 0) is 4.74 Å². The zero-order valence-corrected chi connectivity index (χ0v) is 9.20. The van der Waals surface area contributed by atoms with Crippen molar-refractivity contribution in [3.8, 4) is 11.8 Å². The largest absolute Gasteiger partial charge is 0.415 e. The van der Waals surface area contributed by atoms with Crippen molar-refractivity contribution in [1.29, 1.82) is 5.26 Å². The molecule has 1 saturated heterocycles. The first-order chi connectivity index (χ1) is 8.29. The number of hydrogen-bond donors (Lipinski definition) is 0. The van der Waals surface area contributed by atoms with E-state index in [0.29, 0.717) is 18.9 Å². The van der Waals surface area contributed by atoms with Gasteiger partial charge < -0.3 is 14.4 Å². The summed E-state index contributed by atoms with van der Waals surface area (Å²) in [6.45, 7) is 1.06. The third-order valence-corrected chi connectivity index (χ3v) is 2.42. The van der Waals surface area contributed by atoms with Gasteiger partial charge in [-0.25, -0.2) is 4.79 Å². The fourth-order valence-electron chi connectivity index (χ4n) is 1.55. The van der Waals surface area contributed by atoms with Gasteiger partial charge in [-0.3, -0.25) is 0 Å². The molecule has 0 bridgehead atoms. The van der Waals surface area contributed by atoms with Crippen molar-refractivity contribution < 1.29 is 14.3 Å². The highest BCUT2D eigenvalue weighted by atomic mass is 16.6. The number of para-hydroxylation sites is 1. The van der Waals surface area contributed by atoms with Gasteiger partial charge in [-0.1, -0.05) is 18.2 Å². The lowest BCUT2D eigenvalue weighted by Gasteiger charge is -2.28. The van der Waals surface area contributed by atoms with E-state index in [2.05, 4.69) is 0 Å². The van der Waals surface area contributed by atoms with Crippen LogP contribution in [0.2, 0.25) is 0 Å². The lowest BCUT2D eigenvalue weighted by atomic mass is 10.3. The van der Waals surface area contributed by atoms with Gasteiger partial charge >= 0.3 is 6.09 Å². The Hall–Kier alpha value is -2.06. The molecule has 88 valence electrons. The Morgan fingerprint density at radius 2 is 2.24 bits per heavy atom. The van der Waals surface area contributed by atoms with Crippen LogP contribution in [0.4, 0.5) is 4.79 Å². The van der Waals surface area contributed by atoms with Crippen molar-refractivity contribution in [1.82, 2.24) is 4.90 Å². The number of carbonyl (C=O) groups excluding carboxylic acids is 1. The lowest BCUT2D eigenvalue weighted by molar-refractivity contribution is 0.00744. The van der Waals surface area contributed by atoms with Gasteiger partial charge in [0.05, 0.1) is 19.2 Å². The number of morpholine rings is 1. The Kier molecular flexibility index (Phi) is 3.58. The molecular formula is C12H12N2O3. The van der Waals surface area contributed by atoms with E-state index in [0.717, 1.165) is 0 Å². The summed E-state index contributed by atoms with van der Waals surface area (Å²) in [7, 11) is 0. The molecule has 17 heavy (non-hydrogen) atoms. The molecule has 5 nitrogen and oxygen atoms in total. The SMILES string of the molecule is N#CC1CN(C(=O)Oc2ccccc2)CCO1. The molecule has 0 radical (unpaired) electrons. The number of nitriles is 1. The third kappa shape index (κ3) is 2.95. The fourth-order valence-corrected chi connectivity index (χ4v) is 1.55. The number of hydrogen-bond acceptors (Lipinski definition) is 4. The molecule has 1 amide bonds. The fraction of sp³-hybridized carbons (Fsp3) is 0.333. The third-order valence-electron chi connectivity index (χ3n) is 2.42. The summed E-state index contributed by atoms with van der Waals surface area (Å²) < 4.78 is 10.3. The normalized spacial score (nSPS) is 19.5. The second-order valence-corrected chi connectivity index (χ2v) is 3.62. The number of carbonyl (C=O) groups is 1. The molecule has 1 aliphatic heterocycles. The number of ether oxygens (including phenoxy) is 2. The maximum Gasteiger partial charge on any atom is 0.415 e. The Bertz CT molecular complexity index is 427. The van der Waals surface area contributed by atoms with Crippen molar-refractivity contribution in [3.63, 3.8) is 0 Å². The Balaban J connectivity index is 1.94. The molecule has 1 aliphatic rings. The van der Waals surface area contributed by atoms with Crippen molar-refractivity contribution in [2.75, 3.05) is 19.7 Å². The first-order valence-electron chi connectivity index (χ1n) is 5.32. The standard InChI is InChI=1S/C12H12N2O3/c13-8-11-9-14(6-7-16-11)12(15)17-10-4-2-1-3-5-10/h1-5,11H,6-7,9H2. The number of rotatable bonds is 1. The maximum atomic E-state index is 11.8. The van der Waals surface area contributed by atoms with Crippen LogP contribution >= 0.6 is 0 Å². The van der Waals surface area contributed by atoms with Crippen LogP contribution in [0.1, 0.15) is 0 Å². The topological polar surface area (TPSA) is 62.6 Å². The number of nitrogens with zero attached hydrogens (tertiary/aromatic N) is 2. The highest BCUT2D eigenvalue weighted by Gasteiger charge is 2.25. The molecule has 5 heteroatoms. The minimum absolute atomic E-state index is 0.252. The van der Waals surface area contributed by atoms with Gasteiger partial charge in [0.15, 0.2) is 6.10 Å². The minimum atomic E-state index is -0.563. The molecular weight excluding hydrogens is 220 g/mol. The van der Waals surface area contributed by atoms with Gasteiger partial charge in [0.2, 0.25) is 0 Å². The predicted octanol–water partition coefficient (Wildman–Crippen LogP) is 1.41.